The van der Waals surface area contributed by atoms with Crippen LogP contribution in [0.1, 0.15) is 12.7 Å². The Kier molecular flexibility index (Phi) is 7.24. The van der Waals surface area contributed by atoms with Gasteiger partial charge < -0.3 is 4.57 Å². The van der Waals surface area contributed by atoms with Crippen molar-refractivity contribution < 1.29 is 8.42 Å². The summed E-state index contributed by atoms with van der Waals surface area (Å²) in [6.45, 7) is 6.22. The molecule has 0 unspecified atom stereocenters. The van der Waals surface area contributed by atoms with E-state index >= 15 is 0 Å². The molecule has 0 amide bonds. The molecular formula is C16H19ClN4O2S2. The molecule has 0 saturated heterocycles. The van der Waals surface area contributed by atoms with Crippen molar-refractivity contribution in [2.75, 3.05) is 5.75 Å². The number of rotatable bonds is 9. The largest absolute Gasteiger partial charge is 0.301 e. The molecule has 9 heteroatoms. The van der Waals surface area contributed by atoms with Crippen molar-refractivity contribution in [3.05, 3.63) is 59.9 Å². The van der Waals surface area contributed by atoms with Gasteiger partial charge in [0.1, 0.15) is 5.82 Å². The minimum atomic E-state index is -3.65. The number of hydrogen-bond acceptors (Lipinski definition) is 5. The van der Waals surface area contributed by atoms with E-state index < -0.39 is 10.0 Å². The zero-order valence-electron chi connectivity index (χ0n) is 13.7. The lowest BCUT2D eigenvalue weighted by Gasteiger charge is -2.09. The summed E-state index contributed by atoms with van der Waals surface area (Å²) in [5, 5.41) is 9.43. The Labute approximate surface area is 157 Å². The number of benzene rings is 1. The van der Waals surface area contributed by atoms with Crippen LogP contribution in [0, 0.1) is 0 Å². The van der Waals surface area contributed by atoms with Gasteiger partial charge in [0.15, 0.2) is 5.16 Å². The molecule has 0 aliphatic carbocycles. The van der Waals surface area contributed by atoms with Crippen molar-refractivity contribution in [3.8, 4) is 0 Å². The number of allylic oxidation sites excluding steroid dienone is 2. The fourth-order valence-corrected chi connectivity index (χ4v) is 3.92. The first-order chi connectivity index (χ1) is 12.0. The zero-order valence-corrected chi connectivity index (χ0v) is 16.1. The Hall–Kier alpha value is -1.61. The first-order valence-corrected chi connectivity index (χ1v) is 10.3. The molecule has 0 spiro atoms. The SMILES string of the molecule is C=CCn1c(CNS(=O)(=O)c2ccc(Cl)cc2)nnc1SCC=CC. The summed E-state index contributed by atoms with van der Waals surface area (Å²) in [7, 11) is -3.65. The fourth-order valence-electron chi connectivity index (χ4n) is 1.94. The molecule has 6 nitrogen and oxygen atoms in total. The van der Waals surface area contributed by atoms with Crippen molar-refractivity contribution in [1.82, 2.24) is 19.5 Å². The number of hydrogen-bond donors (Lipinski definition) is 1. The number of halogens is 1. The summed E-state index contributed by atoms with van der Waals surface area (Å²) in [6.07, 6.45) is 5.70. The third-order valence-electron chi connectivity index (χ3n) is 3.19. The van der Waals surface area contributed by atoms with E-state index in [-0.39, 0.29) is 11.4 Å². The number of nitrogens with one attached hydrogen (secondary N) is 1. The predicted molar refractivity (Wildman–Crippen MR) is 101 cm³/mol. The molecule has 0 aliphatic rings. The molecule has 0 aliphatic heterocycles. The van der Waals surface area contributed by atoms with Crippen LogP contribution < -0.4 is 4.72 Å². The molecule has 25 heavy (non-hydrogen) atoms. The van der Waals surface area contributed by atoms with E-state index in [0.29, 0.717) is 17.4 Å². The van der Waals surface area contributed by atoms with E-state index in [2.05, 4.69) is 21.5 Å². The number of nitrogens with zero attached hydrogens (tertiary/aromatic N) is 3. The van der Waals surface area contributed by atoms with E-state index in [4.69, 9.17) is 11.6 Å². The van der Waals surface area contributed by atoms with Crippen LogP contribution >= 0.6 is 23.4 Å². The third-order valence-corrected chi connectivity index (χ3v) is 5.78. The lowest BCUT2D eigenvalue weighted by atomic mass is 10.4. The van der Waals surface area contributed by atoms with Crippen LogP contribution in [-0.2, 0) is 23.1 Å². The summed E-state index contributed by atoms with van der Waals surface area (Å²) in [5.74, 6) is 1.29. The van der Waals surface area contributed by atoms with Crippen molar-refractivity contribution in [3.63, 3.8) is 0 Å². The van der Waals surface area contributed by atoms with Crippen molar-refractivity contribution in [1.29, 1.82) is 0 Å². The summed E-state index contributed by atoms with van der Waals surface area (Å²) in [6, 6.07) is 5.98. The second-order valence-corrected chi connectivity index (χ2v) is 8.15. The fraction of sp³-hybridized carbons (Fsp3) is 0.250. The Morgan fingerprint density at radius 3 is 2.68 bits per heavy atom. The molecule has 2 aromatic rings. The molecule has 0 atom stereocenters. The summed E-state index contributed by atoms with van der Waals surface area (Å²) < 4.78 is 29.1. The lowest BCUT2D eigenvalue weighted by Crippen LogP contribution is -2.25. The maximum atomic E-state index is 12.4. The van der Waals surface area contributed by atoms with Gasteiger partial charge in [-0.2, -0.15) is 0 Å². The van der Waals surface area contributed by atoms with Crippen LogP contribution in [0.5, 0.6) is 0 Å². The molecule has 1 aromatic carbocycles. The minimum Gasteiger partial charge on any atom is -0.301 e. The lowest BCUT2D eigenvalue weighted by molar-refractivity contribution is 0.574. The molecule has 0 bridgehead atoms. The summed E-state index contributed by atoms with van der Waals surface area (Å²) in [5.41, 5.74) is 0. The Morgan fingerprint density at radius 1 is 1.32 bits per heavy atom. The van der Waals surface area contributed by atoms with E-state index in [9.17, 15) is 8.42 Å². The zero-order chi connectivity index (χ0) is 18.3. The molecule has 0 fully saturated rings. The van der Waals surface area contributed by atoms with E-state index in [1.54, 1.807) is 6.08 Å². The van der Waals surface area contributed by atoms with Gasteiger partial charge in [-0.05, 0) is 31.2 Å². The van der Waals surface area contributed by atoms with Gasteiger partial charge >= 0.3 is 0 Å². The first kappa shape index (κ1) is 19.7. The van der Waals surface area contributed by atoms with E-state index in [1.165, 1.54) is 36.0 Å². The van der Waals surface area contributed by atoms with Gasteiger partial charge in [-0.25, -0.2) is 13.1 Å². The normalized spacial score (nSPS) is 11.9. The maximum absolute atomic E-state index is 12.4. The molecule has 134 valence electrons. The molecule has 1 aromatic heterocycles. The molecule has 1 heterocycles. The van der Waals surface area contributed by atoms with Gasteiger partial charge in [-0.1, -0.05) is 41.6 Å². The first-order valence-electron chi connectivity index (χ1n) is 7.50. The average Bonchev–Trinajstić information content (AvgIpc) is 2.96. The smallest absolute Gasteiger partial charge is 0.240 e. The molecule has 2 rings (SSSR count). The second-order valence-electron chi connectivity index (χ2n) is 4.96. The van der Waals surface area contributed by atoms with E-state index in [0.717, 1.165) is 10.9 Å². The molecular weight excluding hydrogens is 380 g/mol. The number of thioether (sulfide) groups is 1. The highest BCUT2D eigenvalue weighted by molar-refractivity contribution is 7.99. The quantitative estimate of drug-likeness (QED) is 0.518. The molecule has 1 N–H and O–H groups in total. The molecule has 0 saturated carbocycles. The Balaban J connectivity index is 2.13. The standard InChI is InChI=1S/C16H19ClN4O2S2/c1-3-5-11-24-16-20-19-15(21(16)10-4-2)12-18-25(22,23)14-8-6-13(17)7-9-14/h3-9,18H,2,10-12H2,1H3. The van der Waals surface area contributed by atoms with E-state index in [1.807, 2.05) is 23.6 Å². The van der Waals surface area contributed by atoms with Crippen LogP contribution in [0.2, 0.25) is 5.02 Å². The minimum absolute atomic E-state index is 0.0377. The third kappa shape index (κ3) is 5.43. The average molecular weight is 399 g/mol. The van der Waals surface area contributed by atoms with Crippen LogP contribution in [0.4, 0.5) is 0 Å². The predicted octanol–water partition coefficient (Wildman–Crippen LogP) is 3.26. The molecule has 0 radical (unpaired) electrons. The van der Waals surface area contributed by atoms with Gasteiger partial charge in [0.05, 0.1) is 11.4 Å². The van der Waals surface area contributed by atoms with Gasteiger partial charge in [0.2, 0.25) is 10.0 Å². The van der Waals surface area contributed by atoms with Crippen LogP contribution in [0.15, 0.2) is 59.1 Å². The number of aromatic nitrogens is 3. The summed E-state index contributed by atoms with van der Waals surface area (Å²) >= 11 is 7.32. The Morgan fingerprint density at radius 2 is 2.04 bits per heavy atom. The van der Waals surface area contributed by atoms with Crippen LogP contribution in [-0.4, -0.2) is 28.9 Å². The highest BCUT2D eigenvalue weighted by Gasteiger charge is 2.17. The Bertz CT molecular complexity index is 846. The maximum Gasteiger partial charge on any atom is 0.240 e. The van der Waals surface area contributed by atoms with Crippen molar-refractivity contribution >= 4 is 33.4 Å². The van der Waals surface area contributed by atoms with Crippen molar-refractivity contribution in [2.24, 2.45) is 0 Å². The van der Waals surface area contributed by atoms with Gasteiger partial charge in [0.25, 0.3) is 0 Å². The highest BCUT2D eigenvalue weighted by Crippen LogP contribution is 2.18. The second kappa shape index (κ2) is 9.19. The topological polar surface area (TPSA) is 76.9 Å². The van der Waals surface area contributed by atoms with Crippen LogP contribution in [0.25, 0.3) is 0 Å². The monoisotopic (exact) mass is 398 g/mol. The highest BCUT2D eigenvalue weighted by atomic mass is 35.5. The van der Waals surface area contributed by atoms with Crippen molar-refractivity contribution in [2.45, 2.75) is 30.1 Å². The van der Waals surface area contributed by atoms with Gasteiger partial charge in [0, 0.05) is 17.3 Å². The number of sulfonamides is 1. The van der Waals surface area contributed by atoms with Crippen LogP contribution in [0.3, 0.4) is 0 Å². The van der Waals surface area contributed by atoms with Gasteiger partial charge in [-0.3, -0.25) is 0 Å². The summed E-state index contributed by atoms with van der Waals surface area (Å²) in [4.78, 5) is 0.148. The van der Waals surface area contributed by atoms with Gasteiger partial charge in [-0.15, -0.1) is 16.8 Å².